The van der Waals surface area contributed by atoms with Crippen LogP contribution in [0, 0.1) is 0 Å². The largest absolute Gasteiger partial charge is 0.508 e. The zero-order chi connectivity index (χ0) is 12.0. The van der Waals surface area contributed by atoms with Gasteiger partial charge >= 0.3 is 5.97 Å². The lowest BCUT2D eigenvalue weighted by Gasteiger charge is -2.47. The molecule has 1 saturated carbocycles. The van der Waals surface area contributed by atoms with E-state index < -0.39 is 17.1 Å². The van der Waals surface area contributed by atoms with Crippen LogP contribution in [0.25, 0.3) is 0 Å². The maximum atomic E-state index is 13.5. The van der Waals surface area contributed by atoms with Crippen LogP contribution in [0.15, 0.2) is 24.3 Å². The van der Waals surface area contributed by atoms with Gasteiger partial charge < -0.3 is 10.2 Å². The number of aromatic hydroxyl groups is 1. The van der Waals surface area contributed by atoms with Crippen LogP contribution >= 0.6 is 0 Å². The minimum atomic E-state index is -1.41. The Hall–Kier alpha value is -1.58. The summed E-state index contributed by atoms with van der Waals surface area (Å²) in [7, 11) is 0. The van der Waals surface area contributed by atoms with E-state index in [0.29, 0.717) is 5.56 Å². The van der Waals surface area contributed by atoms with Crippen molar-refractivity contribution in [2.75, 3.05) is 0 Å². The second-order valence-electron chi connectivity index (χ2n) is 4.70. The summed E-state index contributed by atoms with van der Waals surface area (Å²) < 4.78 is 13.5. The first kappa shape index (κ1) is 10.9. The number of hydrogen-bond donors (Lipinski definition) is 2. The summed E-state index contributed by atoms with van der Waals surface area (Å²) in [6.45, 7) is 1.41. The topological polar surface area (TPSA) is 57.5 Å². The van der Waals surface area contributed by atoms with Crippen LogP contribution in [0.3, 0.4) is 0 Å². The second kappa shape index (κ2) is 3.20. The molecule has 16 heavy (non-hydrogen) atoms. The number of phenolic OH excluding ortho intramolecular Hbond substituents is 1. The average Bonchev–Trinajstić information content (AvgIpc) is 2.14. The molecular formula is C12H13FO3. The van der Waals surface area contributed by atoms with E-state index in [4.69, 9.17) is 5.11 Å². The van der Waals surface area contributed by atoms with Gasteiger partial charge in [0.1, 0.15) is 11.4 Å². The molecule has 1 aromatic rings. The molecule has 0 atom stereocenters. The van der Waals surface area contributed by atoms with Crippen molar-refractivity contribution in [3.8, 4) is 5.75 Å². The second-order valence-corrected chi connectivity index (χ2v) is 4.70. The van der Waals surface area contributed by atoms with Gasteiger partial charge in [0, 0.05) is 12.8 Å². The summed E-state index contributed by atoms with van der Waals surface area (Å²) >= 11 is 0. The molecule has 0 radical (unpaired) electrons. The van der Waals surface area contributed by atoms with Gasteiger partial charge in [0.2, 0.25) is 0 Å². The van der Waals surface area contributed by atoms with Crippen LogP contribution < -0.4 is 0 Å². The van der Waals surface area contributed by atoms with E-state index in [1.54, 1.807) is 12.1 Å². The summed E-state index contributed by atoms with van der Waals surface area (Å²) in [6.07, 6.45) is -0.0276. The van der Waals surface area contributed by atoms with E-state index in [0.717, 1.165) is 0 Å². The predicted molar refractivity (Wildman–Crippen MR) is 56.2 cm³/mol. The SMILES string of the molecule is CC1(F)CC(C(=O)O)(c2ccc(O)cc2)C1. The number of halogens is 1. The number of alkyl halides is 1. The Kier molecular flexibility index (Phi) is 2.19. The summed E-state index contributed by atoms with van der Waals surface area (Å²) in [5.41, 5.74) is -1.99. The fourth-order valence-corrected chi connectivity index (χ4v) is 2.47. The Morgan fingerprint density at radius 1 is 1.31 bits per heavy atom. The number of carboxylic acids is 1. The minimum absolute atomic E-state index is 0.0138. The van der Waals surface area contributed by atoms with Crippen molar-refractivity contribution in [1.29, 1.82) is 0 Å². The van der Waals surface area contributed by atoms with E-state index in [2.05, 4.69) is 0 Å². The Morgan fingerprint density at radius 2 is 1.81 bits per heavy atom. The third-order valence-electron chi connectivity index (χ3n) is 3.17. The minimum Gasteiger partial charge on any atom is -0.508 e. The number of benzene rings is 1. The molecule has 1 aromatic carbocycles. The van der Waals surface area contributed by atoms with E-state index in [9.17, 15) is 14.3 Å². The highest BCUT2D eigenvalue weighted by Gasteiger charge is 2.58. The molecule has 0 unspecified atom stereocenters. The van der Waals surface area contributed by atoms with Gasteiger partial charge in [-0.2, -0.15) is 0 Å². The molecule has 1 aliphatic rings. The van der Waals surface area contributed by atoms with Crippen LogP contribution in [0.2, 0.25) is 0 Å². The van der Waals surface area contributed by atoms with Crippen LogP contribution in [-0.4, -0.2) is 21.9 Å². The zero-order valence-electron chi connectivity index (χ0n) is 8.90. The zero-order valence-corrected chi connectivity index (χ0v) is 8.90. The van der Waals surface area contributed by atoms with Gasteiger partial charge in [-0.05, 0) is 24.6 Å². The molecule has 0 aromatic heterocycles. The number of hydrogen-bond acceptors (Lipinski definition) is 2. The normalized spacial score (nSPS) is 33.1. The first-order chi connectivity index (χ1) is 7.36. The third-order valence-corrected chi connectivity index (χ3v) is 3.17. The van der Waals surface area contributed by atoms with Crippen molar-refractivity contribution in [3.05, 3.63) is 29.8 Å². The number of phenols is 1. The molecule has 0 spiro atoms. The van der Waals surface area contributed by atoms with E-state index in [1.807, 2.05) is 0 Å². The smallest absolute Gasteiger partial charge is 0.314 e. The van der Waals surface area contributed by atoms with E-state index >= 15 is 0 Å². The molecule has 0 heterocycles. The van der Waals surface area contributed by atoms with Crippen LogP contribution in [0.1, 0.15) is 25.3 Å². The third kappa shape index (κ3) is 1.54. The first-order valence-electron chi connectivity index (χ1n) is 5.08. The quantitative estimate of drug-likeness (QED) is 0.809. The molecule has 1 aliphatic carbocycles. The lowest BCUT2D eigenvalue weighted by atomic mass is 9.57. The van der Waals surface area contributed by atoms with Crippen LogP contribution in [-0.2, 0) is 10.2 Å². The van der Waals surface area contributed by atoms with Gasteiger partial charge in [0.05, 0.1) is 5.41 Å². The molecule has 4 heteroatoms. The van der Waals surface area contributed by atoms with Crippen molar-refractivity contribution in [1.82, 2.24) is 0 Å². The maximum absolute atomic E-state index is 13.5. The van der Waals surface area contributed by atoms with Crippen LogP contribution in [0.5, 0.6) is 5.75 Å². The lowest BCUT2D eigenvalue weighted by Crippen LogP contribution is -2.55. The molecule has 3 nitrogen and oxygen atoms in total. The molecule has 86 valence electrons. The highest BCUT2D eigenvalue weighted by Crippen LogP contribution is 2.52. The molecule has 1 fully saturated rings. The monoisotopic (exact) mass is 224 g/mol. The van der Waals surface area contributed by atoms with Gasteiger partial charge in [-0.25, -0.2) is 4.39 Å². The van der Waals surface area contributed by atoms with E-state index in [1.165, 1.54) is 19.1 Å². The Labute approximate surface area is 92.5 Å². The fourth-order valence-electron chi connectivity index (χ4n) is 2.47. The maximum Gasteiger partial charge on any atom is 0.314 e. The molecule has 0 saturated heterocycles. The summed E-state index contributed by atoms with van der Waals surface area (Å²) in [5.74, 6) is -0.931. The number of aliphatic carboxylic acids is 1. The number of rotatable bonds is 2. The highest BCUT2D eigenvalue weighted by atomic mass is 19.1. The lowest BCUT2D eigenvalue weighted by molar-refractivity contribution is -0.155. The van der Waals surface area contributed by atoms with Crippen LogP contribution in [0.4, 0.5) is 4.39 Å². The molecular weight excluding hydrogens is 211 g/mol. The standard InChI is InChI=1S/C12H13FO3/c1-11(13)6-12(7-11,10(15)16)8-2-4-9(14)5-3-8/h2-5,14H,6-7H2,1H3,(H,15,16). The Balaban J connectivity index is 2.36. The first-order valence-corrected chi connectivity index (χ1v) is 5.08. The summed E-state index contributed by atoms with van der Waals surface area (Å²) in [5, 5.41) is 18.3. The van der Waals surface area contributed by atoms with Gasteiger partial charge in [-0.15, -0.1) is 0 Å². The van der Waals surface area contributed by atoms with Crippen molar-refractivity contribution in [3.63, 3.8) is 0 Å². The van der Waals surface area contributed by atoms with Crippen molar-refractivity contribution in [2.45, 2.75) is 30.8 Å². The molecule has 0 bridgehead atoms. The summed E-state index contributed by atoms with van der Waals surface area (Å²) in [4.78, 5) is 11.2. The average molecular weight is 224 g/mol. The molecule has 0 amide bonds. The van der Waals surface area contributed by atoms with Crippen molar-refractivity contribution in [2.24, 2.45) is 0 Å². The van der Waals surface area contributed by atoms with Gasteiger partial charge in [-0.1, -0.05) is 12.1 Å². The molecule has 0 aliphatic heterocycles. The molecule has 2 N–H and O–H groups in total. The van der Waals surface area contributed by atoms with Crippen molar-refractivity contribution < 1.29 is 19.4 Å². The highest BCUT2D eigenvalue weighted by molar-refractivity contribution is 5.83. The van der Waals surface area contributed by atoms with E-state index in [-0.39, 0.29) is 18.6 Å². The van der Waals surface area contributed by atoms with Gasteiger partial charge in [0.25, 0.3) is 0 Å². The number of carbonyl (C=O) groups is 1. The summed E-state index contributed by atoms with van der Waals surface area (Å²) in [6, 6.07) is 5.93. The predicted octanol–water partition coefficient (Wildman–Crippen LogP) is 2.24. The molecule has 2 rings (SSSR count). The van der Waals surface area contributed by atoms with Crippen molar-refractivity contribution >= 4 is 5.97 Å². The van der Waals surface area contributed by atoms with Gasteiger partial charge in [-0.3, -0.25) is 4.79 Å². The Morgan fingerprint density at radius 3 is 2.19 bits per heavy atom. The fraction of sp³-hybridized carbons (Fsp3) is 0.417. The number of carboxylic acid groups (broad SMARTS) is 1. The Bertz CT molecular complexity index is 414. The van der Waals surface area contributed by atoms with Gasteiger partial charge in [0.15, 0.2) is 0 Å².